The van der Waals surface area contributed by atoms with Gasteiger partial charge in [-0.1, -0.05) is 31.2 Å². The van der Waals surface area contributed by atoms with Gasteiger partial charge in [-0.05, 0) is 41.7 Å². The summed E-state index contributed by atoms with van der Waals surface area (Å²) < 4.78 is 0. The van der Waals surface area contributed by atoms with Crippen molar-refractivity contribution in [1.82, 2.24) is 5.32 Å². The lowest BCUT2D eigenvalue weighted by Crippen LogP contribution is -2.28. The zero-order valence-electron chi connectivity index (χ0n) is 11.1. The Morgan fingerprint density at radius 3 is 2.95 bits per heavy atom. The summed E-state index contributed by atoms with van der Waals surface area (Å²) in [6.07, 6.45) is 2.37. The predicted molar refractivity (Wildman–Crippen MR) is 85.0 cm³/mol. The van der Waals surface area contributed by atoms with E-state index in [-0.39, 0.29) is 0 Å². The van der Waals surface area contributed by atoms with E-state index >= 15 is 0 Å². The SMILES string of the molecule is CCC(NC1CCSc2ccccc21)c1cccs1. The molecule has 2 aromatic rings. The Hall–Kier alpha value is -0.770. The van der Waals surface area contributed by atoms with Crippen LogP contribution in [0.3, 0.4) is 0 Å². The number of thioether (sulfide) groups is 1. The van der Waals surface area contributed by atoms with Crippen molar-refractivity contribution < 1.29 is 0 Å². The summed E-state index contributed by atoms with van der Waals surface area (Å²) >= 11 is 3.85. The highest BCUT2D eigenvalue weighted by Gasteiger charge is 2.23. The molecule has 2 heterocycles. The standard InChI is InChI=1S/C16H19NS2/c1-2-13(16-8-5-10-18-16)17-14-9-11-19-15-7-4-3-6-12(14)15/h3-8,10,13-14,17H,2,9,11H2,1H3. The highest BCUT2D eigenvalue weighted by Crippen LogP contribution is 2.37. The lowest BCUT2D eigenvalue weighted by Gasteiger charge is -2.29. The second-order valence-electron chi connectivity index (χ2n) is 4.87. The summed E-state index contributed by atoms with van der Waals surface area (Å²) in [7, 11) is 0. The largest absolute Gasteiger partial charge is 0.302 e. The van der Waals surface area contributed by atoms with Crippen LogP contribution in [0.1, 0.15) is 42.3 Å². The lowest BCUT2D eigenvalue weighted by molar-refractivity contribution is 0.425. The zero-order valence-corrected chi connectivity index (χ0v) is 12.8. The van der Waals surface area contributed by atoms with Crippen molar-refractivity contribution in [3.05, 3.63) is 52.2 Å². The van der Waals surface area contributed by atoms with Crippen molar-refractivity contribution in [2.24, 2.45) is 0 Å². The van der Waals surface area contributed by atoms with E-state index in [1.807, 2.05) is 23.1 Å². The van der Waals surface area contributed by atoms with Crippen LogP contribution in [0, 0.1) is 0 Å². The molecule has 0 fully saturated rings. The second kappa shape index (κ2) is 6.12. The molecule has 0 radical (unpaired) electrons. The first-order valence-corrected chi connectivity index (χ1v) is 8.76. The van der Waals surface area contributed by atoms with Gasteiger partial charge < -0.3 is 5.32 Å². The molecule has 1 aliphatic rings. The Morgan fingerprint density at radius 1 is 1.26 bits per heavy atom. The monoisotopic (exact) mass is 289 g/mol. The van der Waals surface area contributed by atoms with Gasteiger partial charge in [0.1, 0.15) is 0 Å². The molecular weight excluding hydrogens is 270 g/mol. The zero-order chi connectivity index (χ0) is 13.1. The molecule has 1 nitrogen and oxygen atoms in total. The van der Waals surface area contributed by atoms with Gasteiger partial charge in [-0.25, -0.2) is 0 Å². The van der Waals surface area contributed by atoms with Crippen molar-refractivity contribution in [3.63, 3.8) is 0 Å². The van der Waals surface area contributed by atoms with Gasteiger partial charge in [0.25, 0.3) is 0 Å². The molecule has 19 heavy (non-hydrogen) atoms. The molecule has 0 aliphatic carbocycles. The Kier molecular flexibility index (Phi) is 4.26. The van der Waals surface area contributed by atoms with Crippen LogP contribution >= 0.6 is 23.1 Å². The molecule has 0 saturated carbocycles. The second-order valence-corrected chi connectivity index (χ2v) is 6.99. The van der Waals surface area contributed by atoms with Crippen molar-refractivity contribution >= 4 is 23.1 Å². The molecule has 0 saturated heterocycles. The van der Waals surface area contributed by atoms with Gasteiger partial charge >= 0.3 is 0 Å². The number of hydrogen-bond donors (Lipinski definition) is 1. The van der Waals surface area contributed by atoms with E-state index in [0.717, 1.165) is 6.42 Å². The van der Waals surface area contributed by atoms with Gasteiger partial charge in [-0.2, -0.15) is 0 Å². The summed E-state index contributed by atoms with van der Waals surface area (Å²) in [6.45, 7) is 2.26. The maximum Gasteiger partial charge on any atom is 0.0417 e. The molecule has 2 atom stereocenters. The smallest absolute Gasteiger partial charge is 0.0417 e. The quantitative estimate of drug-likeness (QED) is 0.847. The first kappa shape index (κ1) is 13.2. The van der Waals surface area contributed by atoms with Crippen molar-refractivity contribution in [2.75, 3.05) is 5.75 Å². The fourth-order valence-corrected chi connectivity index (χ4v) is 4.64. The van der Waals surface area contributed by atoms with Gasteiger partial charge in [0.05, 0.1) is 0 Å². The van der Waals surface area contributed by atoms with E-state index in [1.165, 1.54) is 27.5 Å². The molecule has 0 spiro atoms. The van der Waals surface area contributed by atoms with Crippen molar-refractivity contribution in [1.29, 1.82) is 0 Å². The molecule has 100 valence electrons. The maximum atomic E-state index is 3.86. The topological polar surface area (TPSA) is 12.0 Å². The predicted octanol–water partition coefficient (Wildman–Crippen LogP) is 5.03. The van der Waals surface area contributed by atoms with E-state index < -0.39 is 0 Å². The molecule has 0 amide bonds. The first-order valence-electron chi connectivity index (χ1n) is 6.89. The van der Waals surface area contributed by atoms with E-state index in [1.54, 1.807) is 0 Å². The van der Waals surface area contributed by atoms with Crippen LogP contribution in [-0.2, 0) is 0 Å². The first-order chi connectivity index (χ1) is 9.38. The molecule has 1 aromatic carbocycles. The Morgan fingerprint density at radius 2 is 2.16 bits per heavy atom. The minimum absolute atomic E-state index is 0.487. The third-order valence-corrected chi connectivity index (χ3v) is 5.76. The number of rotatable bonds is 4. The van der Waals surface area contributed by atoms with Gasteiger partial charge in [-0.3, -0.25) is 0 Å². The average molecular weight is 289 g/mol. The molecule has 3 heteroatoms. The minimum Gasteiger partial charge on any atom is -0.302 e. The maximum absolute atomic E-state index is 3.86. The number of thiophene rings is 1. The molecule has 2 unspecified atom stereocenters. The highest BCUT2D eigenvalue weighted by atomic mass is 32.2. The van der Waals surface area contributed by atoms with E-state index in [9.17, 15) is 0 Å². The molecule has 1 N–H and O–H groups in total. The third kappa shape index (κ3) is 2.88. The van der Waals surface area contributed by atoms with Crippen LogP contribution in [0.4, 0.5) is 0 Å². The van der Waals surface area contributed by atoms with Crippen LogP contribution in [0.15, 0.2) is 46.7 Å². The Bertz CT molecular complexity index is 521. The van der Waals surface area contributed by atoms with E-state index in [2.05, 4.69) is 54.0 Å². The number of nitrogens with one attached hydrogen (secondary N) is 1. The van der Waals surface area contributed by atoms with Crippen LogP contribution in [0.25, 0.3) is 0 Å². The summed E-state index contributed by atoms with van der Waals surface area (Å²) in [4.78, 5) is 2.91. The third-order valence-electron chi connectivity index (χ3n) is 3.66. The van der Waals surface area contributed by atoms with Gasteiger partial charge in [0, 0.05) is 21.9 Å². The van der Waals surface area contributed by atoms with Crippen LogP contribution in [0.5, 0.6) is 0 Å². The highest BCUT2D eigenvalue weighted by molar-refractivity contribution is 7.99. The van der Waals surface area contributed by atoms with Crippen molar-refractivity contribution in [3.8, 4) is 0 Å². The number of hydrogen-bond acceptors (Lipinski definition) is 3. The van der Waals surface area contributed by atoms with E-state index in [0.29, 0.717) is 12.1 Å². The molecule has 1 aliphatic heterocycles. The summed E-state index contributed by atoms with van der Waals surface area (Å²) in [5.41, 5.74) is 1.48. The molecule has 3 rings (SSSR count). The fraction of sp³-hybridized carbons (Fsp3) is 0.375. The van der Waals surface area contributed by atoms with Crippen LogP contribution < -0.4 is 5.32 Å². The van der Waals surface area contributed by atoms with Crippen LogP contribution in [0.2, 0.25) is 0 Å². The Labute approximate surface area is 123 Å². The fourth-order valence-electron chi connectivity index (χ4n) is 2.65. The molecule has 0 bridgehead atoms. The van der Waals surface area contributed by atoms with E-state index in [4.69, 9.17) is 0 Å². The number of fused-ring (bicyclic) bond motifs is 1. The van der Waals surface area contributed by atoms with Crippen molar-refractivity contribution in [2.45, 2.75) is 36.7 Å². The average Bonchev–Trinajstić information content (AvgIpc) is 2.99. The normalized spacial score (nSPS) is 19.9. The molecule has 1 aromatic heterocycles. The van der Waals surface area contributed by atoms with Gasteiger partial charge in [0.2, 0.25) is 0 Å². The summed E-state index contributed by atoms with van der Waals surface area (Å²) in [6, 6.07) is 14.2. The molecular formula is C16H19NS2. The summed E-state index contributed by atoms with van der Waals surface area (Å²) in [5, 5.41) is 6.03. The summed E-state index contributed by atoms with van der Waals surface area (Å²) in [5.74, 6) is 1.22. The van der Waals surface area contributed by atoms with Gasteiger partial charge in [-0.15, -0.1) is 23.1 Å². The minimum atomic E-state index is 0.487. The number of benzene rings is 1. The van der Waals surface area contributed by atoms with Gasteiger partial charge in [0.15, 0.2) is 0 Å². The Balaban J connectivity index is 1.80. The lowest BCUT2D eigenvalue weighted by atomic mass is 10.0. The van der Waals surface area contributed by atoms with Crippen LogP contribution in [-0.4, -0.2) is 5.75 Å².